The summed E-state index contributed by atoms with van der Waals surface area (Å²) >= 11 is 0.985. The lowest BCUT2D eigenvalue weighted by atomic mass is 10.1. The second-order valence-electron chi connectivity index (χ2n) is 2.58. The van der Waals surface area contributed by atoms with Crippen molar-refractivity contribution in [1.82, 2.24) is 8.75 Å². The van der Waals surface area contributed by atoms with Gasteiger partial charge < -0.3 is 9.84 Å². The van der Waals surface area contributed by atoms with Gasteiger partial charge in [-0.05, 0) is 12.1 Å². The molecular weight excluding hydrogens is 204 g/mol. The molecule has 0 unspecified atom stereocenters. The van der Waals surface area contributed by atoms with Crippen LogP contribution >= 0.6 is 11.7 Å². The Labute approximate surface area is 83.3 Å². The van der Waals surface area contributed by atoms with Crippen LogP contribution in [0, 0.1) is 0 Å². The highest BCUT2D eigenvalue weighted by Gasteiger charge is 2.17. The van der Waals surface area contributed by atoms with Crippen LogP contribution in [0.15, 0.2) is 12.1 Å². The van der Waals surface area contributed by atoms with E-state index in [-0.39, 0.29) is 5.56 Å². The number of methoxy groups -OCH3 is 1. The highest BCUT2D eigenvalue weighted by atomic mass is 32.1. The van der Waals surface area contributed by atoms with E-state index in [1.54, 1.807) is 12.1 Å². The van der Waals surface area contributed by atoms with Gasteiger partial charge in [0.05, 0.1) is 18.8 Å². The third kappa shape index (κ3) is 1.20. The van der Waals surface area contributed by atoms with E-state index in [1.165, 1.54) is 7.11 Å². The molecule has 2 rings (SSSR count). The third-order valence-electron chi connectivity index (χ3n) is 1.82. The maximum atomic E-state index is 10.9. The summed E-state index contributed by atoms with van der Waals surface area (Å²) in [5.74, 6) is -0.752. The van der Waals surface area contributed by atoms with Crippen LogP contribution in [0.1, 0.15) is 10.4 Å². The molecule has 1 N–H and O–H groups in total. The van der Waals surface area contributed by atoms with E-state index >= 15 is 0 Å². The van der Waals surface area contributed by atoms with E-state index in [1.807, 2.05) is 0 Å². The number of rotatable bonds is 2. The standard InChI is InChI=1S/C8H6N2O3S/c1-13-5-3-2-4-7(10-14-9-4)6(5)8(11)12/h2-3H,1H3,(H,11,12). The van der Waals surface area contributed by atoms with Crippen molar-refractivity contribution in [1.29, 1.82) is 0 Å². The van der Waals surface area contributed by atoms with E-state index in [0.29, 0.717) is 16.8 Å². The minimum absolute atomic E-state index is 0.0683. The zero-order valence-electron chi connectivity index (χ0n) is 7.22. The zero-order valence-corrected chi connectivity index (χ0v) is 8.04. The Hall–Kier alpha value is -1.69. The second-order valence-corrected chi connectivity index (χ2v) is 3.11. The van der Waals surface area contributed by atoms with Crippen LogP contribution in [0.4, 0.5) is 0 Å². The van der Waals surface area contributed by atoms with Crippen LogP contribution < -0.4 is 4.74 Å². The summed E-state index contributed by atoms with van der Waals surface area (Å²) in [6.07, 6.45) is 0. The van der Waals surface area contributed by atoms with Crippen molar-refractivity contribution in [3.63, 3.8) is 0 Å². The highest BCUT2D eigenvalue weighted by molar-refractivity contribution is 7.00. The van der Waals surface area contributed by atoms with Crippen molar-refractivity contribution in [3.05, 3.63) is 17.7 Å². The lowest BCUT2D eigenvalue weighted by molar-refractivity contribution is 0.0695. The average Bonchev–Trinajstić information content (AvgIpc) is 2.62. The molecule has 0 saturated carbocycles. The SMILES string of the molecule is COc1ccc2nsnc2c1C(=O)O. The highest BCUT2D eigenvalue weighted by Crippen LogP contribution is 2.26. The smallest absolute Gasteiger partial charge is 0.341 e. The third-order valence-corrected chi connectivity index (χ3v) is 2.37. The first-order valence-corrected chi connectivity index (χ1v) is 4.49. The summed E-state index contributed by atoms with van der Waals surface area (Å²) in [4.78, 5) is 10.9. The number of aromatic nitrogens is 2. The van der Waals surface area contributed by atoms with Crippen LogP contribution in [-0.4, -0.2) is 26.9 Å². The molecule has 1 aromatic carbocycles. The Morgan fingerprint density at radius 2 is 2.29 bits per heavy atom. The molecule has 6 heteroatoms. The molecule has 1 aromatic heterocycles. The van der Waals surface area contributed by atoms with Crippen molar-refractivity contribution < 1.29 is 14.6 Å². The van der Waals surface area contributed by atoms with Crippen LogP contribution in [0.2, 0.25) is 0 Å². The molecule has 0 aliphatic rings. The van der Waals surface area contributed by atoms with Crippen molar-refractivity contribution in [2.24, 2.45) is 0 Å². The van der Waals surface area contributed by atoms with Gasteiger partial charge >= 0.3 is 5.97 Å². The number of fused-ring (bicyclic) bond motifs is 1. The predicted octanol–water partition coefficient (Wildman–Crippen LogP) is 1.40. The van der Waals surface area contributed by atoms with Crippen molar-refractivity contribution in [2.45, 2.75) is 0 Å². The Morgan fingerprint density at radius 1 is 1.50 bits per heavy atom. The molecule has 14 heavy (non-hydrogen) atoms. The summed E-state index contributed by atoms with van der Waals surface area (Å²) in [5.41, 5.74) is 1.02. The topological polar surface area (TPSA) is 72.3 Å². The maximum Gasteiger partial charge on any atom is 0.341 e. The Morgan fingerprint density at radius 3 is 2.93 bits per heavy atom. The summed E-state index contributed by atoms with van der Waals surface area (Å²) < 4.78 is 12.8. The quantitative estimate of drug-likeness (QED) is 0.811. The fourth-order valence-corrected chi connectivity index (χ4v) is 1.75. The van der Waals surface area contributed by atoms with Gasteiger partial charge in [0.2, 0.25) is 0 Å². The molecule has 2 aromatic rings. The largest absolute Gasteiger partial charge is 0.496 e. The first-order chi connectivity index (χ1) is 6.74. The number of aromatic carboxylic acids is 1. The van der Waals surface area contributed by atoms with Gasteiger partial charge in [-0.15, -0.1) is 0 Å². The number of benzene rings is 1. The number of hydrogen-bond donors (Lipinski definition) is 1. The molecule has 0 aliphatic heterocycles. The summed E-state index contributed by atoms with van der Waals surface area (Å²) in [5, 5.41) is 8.97. The number of hydrogen-bond acceptors (Lipinski definition) is 5. The van der Waals surface area contributed by atoms with Gasteiger partial charge in [-0.2, -0.15) is 8.75 Å². The normalized spacial score (nSPS) is 10.4. The molecule has 0 bridgehead atoms. The Bertz CT molecular complexity index is 494. The first-order valence-electron chi connectivity index (χ1n) is 3.76. The monoisotopic (exact) mass is 210 g/mol. The van der Waals surface area contributed by atoms with E-state index in [2.05, 4.69) is 8.75 Å². The minimum atomic E-state index is -1.06. The van der Waals surface area contributed by atoms with Crippen LogP contribution in [-0.2, 0) is 0 Å². The maximum absolute atomic E-state index is 10.9. The lowest BCUT2D eigenvalue weighted by Crippen LogP contribution is -2.01. The van der Waals surface area contributed by atoms with E-state index in [9.17, 15) is 4.79 Å². The fourth-order valence-electron chi connectivity index (χ4n) is 1.21. The number of carbonyl (C=O) groups is 1. The van der Waals surface area contributed by atoms with E-state index in [4.69, 9.17) is 9.84 Å². The van der Waals surface area contributed by atoms with Gasteiger partial charge in [-0.3, -0.25) is 0 Å². The number of carboxylic acids is 1. The number of nitrogens with zero attached hydrogens (tertiary/aromatic N) is 2. The van der Waals surface area contributed by atoms with Gasteiger partial charge in [0.25, 0.3) is 0 Å². The Kier molecular flexibility index (Phi) is 2.05. The molecule has 0 atom stereocenters. The molecule has 0 radical (unpaired) electrons. The fraction of sp³-hybridized carbons (Fsp3) is 0.125. The summed E-state index contributed by atoms with van der Waals surface area (Å²) in [7, 11) is 1.42. The van der Waals surface area contributed by atoms with Crippen LogP contribution in [0.3, 0.4) is 0 Å². The van der Waals surface area contributed by atoms with Gasteiger partial charge in [0.15, 0.2) is 0 Å². The molecule has 0 saturated heterocycles. The van der Waals surface area contributed by atoms with Gasteiger partial charge in [-0.25, -0.2) is 4.79 Å². The molecule has 0 fully saturated rings. The van der Waals surface area contributed by atoms with Gasteiger partial charge in [0.1, 0.15) is 22.3 Å². The van der Waals surface area contributed by atoms with Crippen molar-refractivity contribution >= 4 is 28.7 Å². The minimum Gasteiger partial charge on any atom is -0.496 e. The number of carboxylic acid groups (broad SMARTS) is 1. The Balaban J connectivity index is 2.82. The zero-order chi connectivity index (χ0) is 10.1. The number of ether oxygens (including phenoxy) is 1. The molecule has 72 valence electrons. The predicted molar refractivity (Wildman–Crippen MR) is 50.9 cm³/mol. The first kappa shape index (κ1) is 8.89. The molecule has 0 spiro atoms. The van der Waals surface area contributed by atoms with Gasteiger partial charge in [0, 0.05) is 0 Å². The molecule has 5 nitrogen and oxygen atoms in total. The summed E-state index contributed by atoms with van der Waals surface area (Å²) in [6, 6.07) is 3.26. The molecule has 0 amide bonds. The van der Waals surface area contributed by atoms with E-state index < -0.39 is 5.97 Å². The van der Waals surface area contributed by atoms with Crippen molar-refractivity contribution in [2.75, 3.05) is 7.11 Å². The van der Waals surface area contributed by atoms with Crippen LogP contribution in [0.5, 0.6) is 5.75 Å². The van der Waals surface area contributed by atoms with E-state index in [0.717, 1.165) is 11.7 Å². The molecule has 0 aliphatic carbocycles. The summed E-state index contributed by atoms with van der Waals surface area (Å²) in [6.45, 7) is 0. The van der Waals surface area contributed by atoms with Crippen molar-refractivity contribution in [3.8, 4) is 5.75 Å². The average molecular weight is 210 g/mol. The molecule has 1 heterocycles. The van der Waals surface area contributed by atoms with Crippen LogP contribution in [0.25, 0.3) is 11.0 Å². The molecular formula is C8H6N2O3S. The second kappa shape index (κ2) is 3.22. The lowest BCUT2D eigenvalue weighted by Gasteiger charge is -2.03. The van der Waals surface area contributed by atoms with Gasteiger partial charge in [-0.1, -0.05) is 0 Å².